The Labute approximate surface area is 97.9 Å². The van der Waals surface area contributed by atoms with Crippen molar-refractivity contribution in [3.05, 3.63) is 14.8 Å². The summed E-state index contributed by atoms with van der Waals surface area (Å²) in [5.74, 6) is -0.175. The maximum absolute atomic E-state index is 11.3. The molecule has 1 aromatic rings. The monoisotopic (exact) mass is 322 g/mol. The number of carbonyl (C=O) groups is 2. The second-order valence-corrected chi connectivity index (χ2v) is 4.41. The van der Waals surface area contributed by atoms with Crippen molar-refractivity contribution in [3.8, 4) is 0 Å². The highest BCUT2D eigenvalue weighted by atomic mass is 79.9. The molecule has 0 aromatic carbocycles. The van der Waals surface area contributed by atoms with Crippen molar-refractivity contribution in [2.75, 3.05) is 0 Å². The normalized spacial score (nSPS) is 10.3. The van der Waals surface area contributed by atoms with E-state index in [1.807, 2.05) is 0 Å². The zero-order valence-corrected chi connectivity index (χ0v) is 10.8. The minimum absolute atomic E-state index is 0.0463. The SMILES string of the molecule is CC(=O)Cn1nc(Br)c(Br)c1C(C)=O. The number of ketones is 2. The fourth-order valence-corrected chi connectivity index (χ4v) is 2.01. The predicted molar refractivity (Wildman–Crippen MR) is 58.3 cm³/mol. The summed E-state index contributed by atoms with van der Waals surface area (Å²) in [6, 6.07) is 0. The van der Waals surface area contributed by atoms with Gasteiger partial charge in [0.25, 0.3) is 0 Å². The molecule has 0 atom stereocenters. The largest absolute Gasteiger partial charge is 0.298 e. The Hall–Kier alpha value is -0.490. The van der Waals surface area contributed by atoms with E-state index in [2.05, 4.69) is 37.0 Å². The average molecular weight is 324 g/mol. The molecule has 4 nitrogen and oxygen atoms in total. The van der Waals surface area contributed by atoms with Crippen molar-refractivity contribution in [3.63, 3.8) is 0 Å². The first-order valence-corrected chi connectivity index (χ1v) is 5.44. The van der Waals surface area contributed by atoms with Gasteiger partial charge in [-0.3, -0.25) is 14.3 Å². The Morgan fingerprint density at radius 1 is 1.36 bits per heavy atom. The smallest absolute Gasteiger partial charge is 0.179 e. The number of hydrogen-bond donors (Lipinski definition) is 0. The molecule has 0 amide bonds. The van der Waals surface area contributed by atoms with E-state index in [0.29, 0.717) is 14.8 Å². The van der Waals surface area contributed by atoms with Gasteiger partial charge in [-0.05, 0) is 38.8 Å². The van der Waals surface area contributed by atoms with Crippen LogP contribution in [-0.4, -0.2) is 21.3 Å². The molecular formula is C8H8Br2N2O2. The third kappa shape index (κ3) is 2.30. The van der Waals surface area contributed by atoms with E-state index in [1.165, 1.54) is 18.5 Å². The van der Waals surface area contributed by atoms with Crippen LogP contribution in [0.5, 0.6) is 0 Å². The van der Waals surface area contributed by atoms with Crippen LogP contribution in [0.4, 0.5) is 0 Å². The molecule has 0 aliphatic carbocycles. The van der Waals surface area contributed by atoms with Gasteiger partial charge in [-0.1, -0.05) is 0 Å². The first kappa shape index (κ1) is 11.6. The minimum atomic E-state index is -0.128. The van der Waals surface area contributed by atoms with Crippen LogP contribution in [0.2, 0.25) is 0 Å². The second kappa shape index (κ2) is 4.35. The summed E-state index contributed by atoms with van der Waals surface area (Å²) in [6.45, 7) is 3.00. The molecule has 0 radical (unpaired) electrons. The van der Waals surface area contributed by atoms with Gasteiger partial charge in [0.15, 0.2) is 11.6 Å². The van der Waals surface area contributed by atoms with Gasteiger partial charge in [-0.2, -0.15) is 5.10 Å². The van der Waals surface area contributed by atoms with Crippen LogP contribution in [0, 0.1) is 0 Å². The molecule has 1 rings (SSSR count). The topological polar surface area (TPSA) is 52.0 Å². The average Bonchev–Trinajstić information content (AvgIpc) is 2.26. The molecule has 14 heavy (non-hydrogen) atoms. The van der Waals surface area contributed by atoms with Gasteiger partial charge in [0, 0.05) is 6.92 Å². The molecule has 0 unspecified atom stereocenters. The highest BCUT2D eigenvalue weighted by Crippen LogP contribution is 2.26. The highest BCUT2D eigenvalue weighted by Gasteiger charge is 2.18. The number of aromatic nitrogens is 2. The minimum Gasteiger partial charge on any atom is -0.298 e. The predicted octanol–water partition coefficient (Wildman–Crippen LogP) is 2.20. The summed E-state index contributed by atoms with van der Waals surface area (Å²) in [5, 5.41) is 4.02. The molecule has 0 aliphatic rings. The number of Topliss-reactive ketones (excluding diaryl/α,β-unsaturated/α-hetero) is 2. The lowest BCUT2D eigenvalue weighted by Crippen LogP contribution is -2.13. The summed E-state index contributed by atoms with van der Waals surface area (Å²) in [6.07, 6.45) is 0. The van der Waals surface area contributed by atoms with Gasteiger partial charge >= 0.3 is 0 Å². The third-order valence-corrected chi connectivity index (χ3v) is 3.40. The quantitative estimate of drug-likeness (QED) is 0.801. The van der Waals surface area contributed by atoms with Crippen LogP contribution in [0.25, 0.3) is 0 Å². The molecule has 6 heteroatoms. The van der Waals surface area contributed by atoms with Gasteiger partial charge in [-0.15, -0.1) is 0 Å². The number of carbonyl (C=O) groups excluding carboxylic acids is 2. The molecule has 0 saturated heterocycles. The lowest BCUT2D eigenvalue weighted by molar-refractivity contribution is -0.117. The standard InChI is InChI=1S/C8H8Br2N2O2/c1-4(13)3-12-7(5(2)14)6(9)8(10)11-12/h3H2,1-2H3. The number of nitrogens with zero attached hydrogens (tertiary/aromatic N) is 2. The first-order valence-electron chi connectivity index (χ1n) is 3.85. The van der Waals surface area contributed by atoms with Crippen LogP contribution in [0.3, 0.4) is 0 Å². The summed E-state index contributed by atoms with van der Waals surface area (Å²) in [4.78, 5) is 22.2. The van der Waals surface area contributed by atoms with E-state index in [9.17, 15) is 9.59 Å². The van der Waals surface area contributed by atoms with Crippen LogP contribution < -0.4 is 0 Å². The highest BCUT2D eigenvalue weighted by molar-refractivity contribution is 9.13. The molecule has 76 valence electrons. The summed E-state index contributed by atoms with van der Waals surface area (Å²) in [5.41, 5.74) is 0.409. The van der Waals surface area contributed by atoms with E-state index in [-0.39, 0.29) is 18.1 Å². The first-order chi connectivity index (χ1) is 6.43. The van der Waals surface area contributed by atoms with Crippen molar-refractivity contribution in [1.82, 2.24) is 9.78 Å². The van der Waals surface area contributed by atoms with Gasteiger partial charge in [-0.25, -0.2) is 0 Å². The van der Waals surface area contributed by atoms with Crippen molar-refractivity contribution in [2.45, 2.75) is 20.4 Å². The number of rotatable bonds is 3. The molecule has 0 N–H and O–H groups in total. The Balaban J connectivity index is 3.22. The molecule has 0 aliphatic heterocycles. The second-order valence-electron chi connectivity index (χ2n) is 2.87. The Kier molecular flexibility index (Phi) is 3.60. The molecule has 0 bridgehead atoms. The fraction of sp³-hybridized carbons (Fsp3) is 0.375. The number of hydrogen-bond acceptors (Lipinski definition) is 3. The zero-order valence-electron chi connectivity index (χ0n) is 7.67. The molecule has 0 saturated carbocycles. The zero-order chi connectivity index (χ0) is 10.9. The maximum Gasteiger partial charge on any atom is 0.179 e. The van der Waals surface area contributed by atoms with E-state index < -0.39 is 0 Å². The van der Waals surface area contributed by atoms with E-state index >= 15 is 0 Å². The van der Waals surface area contributed by atoms with E-state index in [0.717, 1.165) is 0 Å². The summed E-state index contributed by atoms with van der Waals surface area (Å²) < 4.78 is 2.51. The molecule has 1 aromatic heterocycles. The van der Waals surface area contributed by atoms with Crippen LogP contribution in [-0.2, 0) is 11.3 Å². The van der Waals surface area contributed by atoms with Crippen LogP contribution >= 0.6 is 31.9 Å². The van der Waals surface area contributed by atoms with Gasteiger partial charge in [0.2, 0.25) is 0 Å². The third-order valence-electron chi connectivity index (χ3n) is 1.56. The Morgan fingerprint density at radius 3 is 2.36 bits per heavy atom. The Bertz CT molecular complexity index is 398. The summed E-state index contributed by atoms with van der Waals surface area (Å²) in [7, 11) is 0. The maximum atomic E-state index is 11.3. The van der Waals surface area contributed by atoms with Crippen LogP contribution in [0.15, 0.2) is 9.08 Å². The van der Waals surface area contributed by atoms with Crippen molar-refractivity contribution in [2.24, 2.45) is 0 Å². The fourth-order valence-electron chi connectivity index (χ4n) is 1.07. The Morgan fingerprint density at radius 2 is 1.93 bits per heavy atom. The van der Waals surface area contributed by atoms with Crippen molar-refractivity contribution in [1.29, 1.82) is 0 Å². The lowest BCUT2D eigenvalue weighted by Gasteiger charge is -2.01. The molecule has 0 spiro atoms. The lowest BCUT2D eigenvalue weighted by atomic mass is 10.3. The van der Waals surface area contributed by atoms with Crippen molar-refractivity contribution < 1.29 is 9.59 Å². The summed E-state index contributed by atoms with van der Waals surface area (Å²) >= 11 is 6.41. The number of halogens is 2. The van der Waals surface area contributed by atoms with Crippen molar-refractivity contribution >= 4 is 43.4 Å². The molecular weight excluding hydrogens is 316 g/mol. The van der Waals surface area contributed by atoms with Crippen LogP contribution in [0.1, 0.15) is 24.3 Å². The van der Waals surface area contributed by atoms with Gasteiger partial charge in [0.05, 0.1) is 4.47 Å². The van der Waals surface area contributed by atoms with Gasteiger partial charge < -0.3 is 0 Å². The van der Waals surface area contributed by atoms with E-state index in [4.69, 9.17) is 0 Å². The molecule has 0 fully saturated rings. The molecule has 1 heterocycles. The van der Waals surface area contributed by atoms with Gasteiger partial charge in [0.1, 0.15) is 16.8 Å². The van der Waals surface area contributed by atoms with E-state index in [1.54, 1.807) is 0 Å².